The fourth-order valence-electron chi connectivity index (χ4n) is 1.34. The minimum Gasteiger partial charge on any atom is -0.315 e. The summed E-state index contributed by atoms with van der Waals surface area (Å²) in [6, 6.07) is 4.33. The van der Waals surface area contributed by atoms with E-state index in [4.69, 9.17) is 0 Å². The molecule has 0 aliphatic carbocycles. The van der Waals surface area contributed by atoms with E-state index in [1.54, 1.807) is 12.1 Å². The maximum atomic E-state index is 13.1. The van der Waals surface area contributed by atoms with Gasteiger partial charge in [-0.05, 0) is 11.6 Å². The Bertz CT molecular complexity index is 295. The molecular formula is C9H9F2N. The summed E-state index contributed by atoms with van der Waals surface area (Å²) in [5.74, 6) is -1.29. The van der Waals surface area contributed by atoms with Crippen molar-refractivity contribution in [1.82, 2.24) is 5.32 Å². The Balaban J connectivity index is 2.36. The van der Waals surface area contributed by atoms with Crippen LogP contribution in [0.4, 0.5) is 8.78 Å². The largest absolute Gasteiger partial charge is 0.315 e. The van der Waals surface area contributed by atoms with Crippen molar-refractivity contribution in [3.8, 4) is 0 Å². The van der Waals surface area contributed by atoms with Crippen molar-refractivity contribution in [3.63, 3.8) is 0 Å². The summed E-state index contributed by atoms with van der Waals surface area (Å²) in [6.45, 7) is 1.50. The van der Waals surface area contributed by atoms with Crippen LogP contribution in [-0.4, -0.2) is 13.1 Å². The summed E-state index contributed by atoms with van der Waals surface area (Å²) in [7, 11) is 0. The first-order valence-corrected chi connectivity index (χ1v) is 3.93. The Kier molecular flexibility index (Phi) is 1.81. The maximum Gasteiger partial charge on any atom is 0.162 e. The van der Waals surface area contributed by atoms with E-state index in [2.05, 4.69) is 5.32 Å². The van der Waals surface area contributed by atoms with Gasteiger partial charge in [0.15, 0.2) is 11.6 Å². The van der Waals surface area contributed by atoms with E-state index in [0.717, 1.165) is 19.2 Å². The molecular weight excluding hydrogens is 160 g/mol. The second-order valence-electron chi connectivity index (χ2n) is 3.00. The van der Waals surface area contributed by atoms with Crippen LogP contribution < -0.4 is 5.32 Å². The first-order valence-electron chi connectivity index (χ1n) is 3.93. The Morgan fingerprint density at radius 1 is 1.25 bits per heavy atom. The lowest BCUT2D eigenvalue weighted by atomic mass is 9.93. The molecule has 1 nitrogen and oxygen atoms in total. The quantitative estimate of drug-likeness (QED) is 0.674. The topological polar surface area (TPSA) is 12.0 Å². The van der Waals surface area contributed by atoms with Crippen LogP contribution in [0.3, 0.4) is 0 Å². The number of hydrogen-bond acceptors (Lipinski definition) is 1. The minimum atomic E-state index is -0.751. The zero-order chi connectivity index (χ0) is 8.55. The SMILES string of the molecule is Fc1cccc(C2CNC2)c1F. The third-order valence-electron chi connectivity index (χ3n) is 2.20. The molecule has 12 heavy (non-hydrogen) atoms. The second kappa shape index (κ2) is 2.83. The predicted octanol–water partition coefficient (Wildman–Crippen LogP) is 1.65. The molecule has 1 N–H and O–H groups in total. The monoisotopic (exact) mass is 169 g/mol. The van der Waals surface area contributed by atoms with Crippen LogP contribution in [0.15, 0.2) is 18.2 Å². The number of hydrogen-bond donors (Lipinski definition) is 1. The lowest BCUT2D eigenvalue weighted by Gasteiger charge is -2.27. The highest BCUT2D eigenvalue weighted by Gasteiger charge is 2.23. The van der Waals surface area contributed by atoms with E-state index in [1.165, 1.54) is 0 Å². The van der Waals surface area contributed by atoms with Gasteiger partial charge in [-0.3, -0.25) is 0 Å². The van der Waals surface area contributed by atoms with Gasteiger partial charge in [0.1, 0.15) is 0 Å². The van der Waals surface area contributed by atoms with Crippen molar-refractivity contribution in [3.05, 3.63) is 35.4 Å². The molecule has 1 aliphatic rings. The van der Waals surface area contributed by atoms with Crippen LogP contribution in [0.5, 0.6) is 0 Å². The standard InChI is InChI=1S/C9H9F2N/c10-8-3-1-2-7(9(8)11)6-4-12-5-6/h1-3,6,12H,4-5H2. The maximum absolute atomic E-state index is 13.1. The van der Waals surface area contributed by atoms with Crippen molar-refractivity contribution in [2.45, 2.75) is 5.92 Å². The van der Waals surface area contributed by atoms with Crippen LogP contribution in [0.25, 0.3) is 0 Å². The van der Waals surface area contributed by atoms with E-state index >= 15 is 0 Å². The Morgan fingerprint density at radius 3 is 2.58 bits per heavy atom. The molecule has 0 amide bonds. The van der Waals surface area contributed by atoms with E-state index in [1.807, 2.05) is 0 Å². The zero-order valence-corrected chi connectivity index (χ0v) is 6.48. The molecule has 0 saturated carbocycles. The predicted molar refractivity (Wildman–Crippen MR) is 42.0 cm³/mol. The molecule has 0 unspecified atom stereocenters. The van der Waals surface area contributed by atoms with Gasteiger partial charge < -0.3 is 5.32 Å². The van der Waals surface area contributed by atoms with E-state index in [9.17, 15) is 8.78 Å². The lowest BCUT2D eigenvalue weighted by Crippen LogP contribution is -2.40. The van der Waals surface area contributed by atoms with E-state index < -0.39 is 11.6 Å². The summed E-state index contributed by atoms with van der Waals surface area (Å²) in [6.07, 6.45) is 0. The second-order valence-corrected chi connectivity index (χ2v) is 3.00. The first kappa shape index (κ1) is 7.68. The molecule has 0 atom stereocenters. The molecule has 0 spiro atoms. The van der Waals surface area contributed by atoms with Gasteiger partial charge in [0.05, 0.1) is 0 Å². The van der Waals surface area contributed by atoms with Gasteiger partial charge in [-0.15, -0.1) is 0 Å². The zero-order valence-electron chi connectivity index (χ0n) is 6.48. The molecule has 3 heteroatoms. The van der Waals surface area contributed by atoms with Crippen molar-refractivity contribution in [2.75, 3.05) is 13.1 Å². The molecule has 1 fully saturated rings. The Morgan fingerprint density at radius 2 is 2.00 bits per heavy atom. The summed E-state index contributed by atoms with van der Waals surface area (Å²) in [4.78, 5) is 0. The highest BCUT2D eigenvalue weighted by Crippen LogP contribution is 2.23. The molecule has 1 heterocycles. The summed E-state index contributed by atoms with van der Waals surface area (Å²) in [5.41, 5.74) is 0.494. The van der Waals surface area contributed by atoms with Crippen LogP contribution in [-0.2, 0) is 0 Å². The van der Waals surface area contributed by atoms with Crippen LogP contribution >= 0.6 is 0 Å². The lowest BCUT2D eigenvalue weighted by molar-refractivity contribution is 0.416. The summed E-state index contributed by atoms with van der Waals surface area (Å²) < 4.78 is 25.8. The molecule has 64 valence electrons. The van der Waals surface area contributed by atoms with Gasteiger partial charge in [0.2, 0.25) is 0 Å². The van der Waals surface area contributed by atoms with E-state index in [0.29, 0.717) is 5.56 Å². The minimum absolute atomic E-state index is 0.153. The van der Waals surface area contributed by atoms with Crippen LogP contribution in [0.1, 0.15) is 11.5 Å². The van der Waals surface area contributed by atoms with Gasteiger partial charge >= 0.3 is 0 Å². The normalized spacial score (nSPS) is 17.5. The average molecular weight is 169 g/mol. The molecule has 1 aromatic rings. The van der Waals surface area contributed by atoms with Crippen molar-refractivity contribution in [1.29, 1.82) is 0 Å². The molecule has 0 aromatic heterocycles. The molecule has 1 aliphatic heterocycles. The van der Waals surface area contributed by atoms with Gasteiger partial charge in [-0.1, -0.05) is 12.1 Å². The molecule has 2 rings (SSSR count). The van der Waals surface area contributed by atoms with Gasteiger partial charge in [-0.2, -0.15) is 0 Å². The molecule has 1 aromatic carbocycles. The molecule has 0 bridgehead atoms. The fourth-order valence-corrected chi connectivity index (χ4v) is 1.34. The molecule has 1 saturated heterocycles. The van der Waals surface area contributed by atoms with Crippen molar-refractivity contribution >= 4 is 0 Å². The Labute approximate surface area is 69.4 Å². The highest BCUT2D eigenvalue weighted by molar-refractivity contribution is 5.25. The number of benzene rings is 1. The first-order chi connectivity index (χ1) is 5.79. The van der Waals surface area contributed by atoms with Crippen molar-refractivity contribution in [2.24, 2.45) is 0 Å². The van der Waals surface area contributed by atoms with Gasteiger partial charge in [-0.25, -0.2) is 8.78 Å². The average Bonchev–Trinajstić information content (AvgIpc) is 1.95. The van der Waals surface area contributed by atoms with Crippen LogP contribution in [0.2, 0.25) is 0 Å². The molecule has 0 radical (unpaired) electrons. The summed E-state index contributed by atoms with van der Waals surface area (Å²) >= 11 is 0. The Hall–Kier alpha value is -0.960. The number of rotatable bonds is 1. The third-order valence-corrected chi connectivity index (χ3v) is 2.20. The van der Waals surface area contributed by atoms with Gasteiger partial charge in [0, 0.05) is 19.0 Å². The van der Waals surface area contributed by atoms with Crippen molar-refractivity contribution < 1.29 is 8.78 Å². The highest BCUT2D eigenvalue weighted by atomic mass is 19.2. The van der Waals surface area contributed by atoms with E-state index in [-0.39, 0.29) is 5.92 Å². The summed E-state index contributed by atoms with van der Waals surface area (Å²) in [5, 5.41) is 3.02. The number of halogens is 2. The van der Waals surface area contributed by atoms with Crippen LogP contribution in [0, 0.1) is 11.6 Å². The van der Waals surface area contributed by atoms with Gasteiger partial charge in [0.25, 0.3) is 0 Å². The smallest absolute Gasteiger partial charge is 0.162 e. The number of nitrogens with one attached hydrogen (secondary N) is 1. The fraction of sp³-hybridized carbons (Fsp3) is 0.333. The third kappa shape index (κ3) is 1.10.